The molecule has 1 aromatic heterocycles. The summed E-state index contributed by atoms with van der Waals surface area (Å²) in [5.41, 5.74) is 0. The predicted octanol–water partition coefficient (Wildman–Crippen LogP) is 2.17. The lowest BCUT2D eigenvalue weighted by Gasteiger charge is -2.14. The van der Waals surface area contributed by atoms with Crippen molar-refractivity contribution in [3.63, 3.8) is 0 Å². The molecule has 2 unspecified atom stereocenters. The summed E-state index contributed by atoms with van der Waals surface area (Å²) >= 11 is 5.16. The third-order valence-electron chi connectivity index (χ3n) is 3.16. The van der Waals surface area contributed by atoms with Gasteiger partial charge in [-0.3, -0.25) is 4.79 Å². The van der Waals surface area contributed by atoms with Gasteiger partial charge in [0.15, 0.2) is 0 Å². The molecule has 0 radical (unpaired) electrons. The summed E-state index contributed by atoms with van der Waals surface area (Å²) in [6.07, 6.45) is 1.87. The van der Waals surface area contributed by atoms with Gasteiger partial charge in [-0.05, 0) is 54.4 Å². The number of nitrogens with one attached hydrogen (secondary N) is 2. The normalized spacial score (nSPS) is 23.9. The van der Waals surface area contributed by atoms with Crippen molar-refractivity contribution in [3.05, 3.63) is 20.8 Å². The van der Waals surface area contributed by atoms with Crippen molar-refractivity contribution in [1.29, 1.82) is 0 Å². The monoisotopic (exact) mass is 316 g/mol. The van der Waals surface area contributed by atoms with E-state index in [1.54, 1.807) is 11.3 Å². The second kappa shape index (κ2) is 5.98. The van der Waals surface area contributed by atoms with Crippen molar-refractivity contribution < 1.29 is 4.79 Å². The Morgan fingerprint density at radius 1 is 1.65 bits per heavy atom. The summed E-state index contributed by atoms with van der Waals surface area (Å²) in [5.74, 6) is 0.336. The second-order valence-corrected chi connectivity index (χ2v) is 6.93. The van der Waals surface area contributed by atoms with Crippen molar-refractivity contribution in [2.75, 3.05) is 13.1 Å². The third kappa shape index (κ3) is 3.53. The molecule has 94 valence electrons. The largest absolute Gasteiger partial charge is 0.355 e. The van der Waals surface area contributed by atoms with Crippen molar-refractivity contribution in [2.24, 2.45) is 5.92 Å². The lowest BCUT2D eigenvalue weighted by molar-refractivity contribution is -0.125. The van der Waals surface area contributed by atoms with E-state index in [2.05, 4.69) is 39.6 Å². The molecule has 1 aliphatic heterocycles. The van der Waals surface area contributed by atoms with Gasteiger partial charge in [-0.1, -0.05) is 0 Å². The summed E-state index contributed by atoms with van der Waals surface area (Å²) in [6.45, 7) is 3.76. The maximum atomic E-state index is 11.9. The van der Waals surface area contributed by atoms with Crippen LogP contribution in [0.2, 0.25) is 0 Å². The van der Waals surface area contributed by atoms with Gasteiger partial charge in [-0.2, -0.15) is 0 Å². The van der Waals surface area contributed by atoms with E-state index >= 15 is 0 Å². The van der Waals surface area contributed by atoms with E-state index in [-0.39, 0.29) is 11.8 Å². The Hall–Kier alpha value is -0.390. The highest BCUT2D eigenvalue weighted by Gasteiger charge is 2.28. The van der Waals surface area contributed by atoms with Gasteiger partial charge in [0.05, 0.1) is 9.70 Å². The molecule has 2 N–H and O–H groups in total. The fourth-order valence-electron chi connectivity index (χ4n) is 2.14. The molecule has 1 fully saturated rings. The van der Waals surface area contributed by atoms with Crippen LogP contribution in [0.5, 0.6) is 0 Å². The Morgan fingerprint density at radius 3 is 3.06 bits per heavy atom. The number of halogens is 1. The van der Waals surface area contributed by atoms with E-state index in [1.165, 1.54) is 4.88 Å². The number of carbonyl (C=O) groups is 1. The van der Waals surface area contributed by atoms with Gasteiger partial charge in [-0.15, -0.1) is 11.3 Å². The fraction of sp³-hybridized carbons (Fsp3) is 0.583. The van der Waals surface area contributed by atoms with E-state index < -0.39 is 0 Å². The van der Waals surface area contributed by atoms with E-state index in [1.807, 2.05) is 6.07 Å². The molecule has 0 bridgehead atoms. The van der Waals surface area contributed by atoms with Gasteiger partial charge in [-0.25, -0.2) is 0 Å². The first-order chi connectivity index (χ1) is 8.16. The number of carbonyl (C=O) groups excluding carboxylic acids is 1. The number of thiophene rings is 1. The molecule has 2 heterocycles. The van der Waals surface area contributed by atoms with E-state index in [4.69, 9.17) is 0 Å². The van der Waals surface area contributed by atoms with E-state index in [9.17, 15) is 4.79 Å². The summed E-state index contributed by atoms with van der Waals surface area (Å²) in [7, 11) is 0. The molecular weight excluding hydrogens is 300 g/mol. The molecule has 2 rings (SSSR count). The quantitative estimate of drug-likeness (QED) is 0.894. The first-order valence-corrected chi connectivity index (χ1v) is 7.53. The molecule has 5 heteroatoms. The Bertz CT molecular complexity index is 394. The minimum absolute atomic E-state index is 0.144. The molecule has 1 amide bonds. The smallest absolute Gasteiger partial charge is 0.224 e. The lowest BCUT2D eigenvalue weighted by Crippen LogP contribution is -2.37. The molecule has 3 nitrogen and oxygen atoms in total. The van der Waals surface area contributed by atoms with Gasteiger partial charge in [0, 0.05) is 17.5 Å². The van der Waals surface area contributed by atoms with Crippen LogP contribution >= 0.6 is 27.3 Å². The SMILES string of the molecule is CC1NCCC1C(=O)NCCc1ccc(Br)s1. The van der Waals surface area contributed by atoms with Crippen LogP contribution in [0.4, 0.5) is 0 Å². The zero-order valence-corrected chi connectivity index (χ0v) is 12.2. The van der Waals surface area contributed by atoms with Crippen LogP contribution in [0.1, 0.15) is 18.2 Å². The number of hydrogen-bond donors (Lipinski definition) is 2. The van der Waals surface area contributed by atoms with Crippen LogP contribution in [-0.4, -0.2) is 25.0 Å². The summed E-state index contributed by atoms with van der Waals surface area (Å²) < 4.78 is 1.15. The Morgan fingerprint density at radius 2 is 2.47 bits per heavy atom. The van der Waals surface area contributed by atoms with Crippen LogP contribution in [-0.2, 0) is 11.2 Å². The van der Waals surface area contributed by atoms with Crippen molar-refractivity contribution >= 4 is 33.2 Å². The van der Waals surface area contributed by atoms with Gasteiger partial charge in [0.1, 0.15) is 0 Å². The number of amides is 1. The Balaban J connectivity index is 1.73. The zero-order valence-electron chi connectivity index (χ0n) is 9.83. The molecule has 0 spiro atoms. The van der Waals surface area contributed by atoms with Crippen LogP contribution < -0.4 is 10.6 Å². The summed E-state index contributed by atoms with van der Waals surface area (Å²) in [5, 5.41) is 6.32. The Kier molecular flexibility index (Phi) is 4.59. The maximum Gasteiger partial charge on any atom is 0.224 e. The highest BCUT2D eigenvalue weighted by atomic mass is 79.9. The molecule has 0 aliphatic carbocycles. The van der Waals surface area contributed by atoms with Crippen LogP contribution in [0.3, 0.4) is 0 Å². The van der Waals surface area contributed by atoms with Gasteiger partial charge >= 0.3 is 0 Å². The minimum atomic E-state index is 0.144. The number of rotatable bonds is 4. The van der Waals surface area contributed by atoms with Crippen LogP contribution in [0.25, 0.3) is 0 Å². The van der Waals surface area contributed by atoms with Crippen LogP contribution in [0.15, 0.2) is 15.9 Å². The fourth-order valence-corrected chi connectivity index (χ4v) is 3.63. The molecule has 17 heavy (non-hydrogen) atoms. The predicted molar refractivity (Wildman–Crippen MR) is 74.3 cm³/mol. The molecule has 0 aromatic carbocycles. The standard InChI is InChI=1S/C12H17BrN2OS/c1-8-10(5-7-14-8)12(16)15-6-4-9-2-3-11(13)17-9/h2-3,8,10,14H,4-7H2,1H3,(H,15,16). The third-order valence-corrected chi connectivity index (χ3v) is 4.84. The van der Waals surface area contributed by atoms with Crippen molar-refractivity contribution in [3.8, 4) is 0 Å². The highest BCUT2D eigenvalue weighted by Crippen LogP contribution is 2.22. The lowest BCUT2D eigenvalue weighted by atomic mass is 10.0. The van der Waals surface area contributed by atoms with Gasteiger partial charge < -0.3 is 10.6 Å². The molecule has 0 saturated carbocycles. The van der Waals surface area contributed by atoms with Crippen molar-refractivity contribution in [1.82, 2.24) is 10.6 Å². The highest BCUT2D eigenvalue weighted by molar-refractivity contribution is 9.11. The number of hydrogen-bond acceptors (Lipinski definition) is 3. The topological polar surface area (TPSA) is 41.1 Å². The first-order valence-electron chi connectivity index (χ1n) is 5.92. The molecule has 1 aliphatic rings. The molecule has 1 saturated heterocycles. The molecule has 1 aromatic rings. The van der Waals surface area contributed by atoms with Crippen LogP contribution in [0, 0.1) is 5.92 Å². The first kappa shape index (κ1) is 13.1. The minimum Gasteiger partial charge on any atom is -0.355 e. The van der Waals surface area contributed by atoms with E-state index in [0.717, 1.165) is 29.7 Å². The van der Waals surface area contributed by atoms with E-state index in [0.29, 0.717) is 6.04 Å². The Labute approximate surface area is 114 Å². The molecule has 2 atom stereocenters. The van der Waals surface area contributed by atoms with Gasteiger partial charge in [0.2, 0.25) is 5.91 Å². The second-order valence-electron chi connectivity index (χ2n) is 4.38. The molecular formula is C12H17BrN2OS. The van der Waals surface area contributed by atoms with Gasteiger partial charge in [0.25, 0.3) is 0 Å². The van der Waals surface area contributed by atoms with Crippen molar-refractivity contribution in [2.45, 2.75) is 25.8 Å². The zero-order chi connectivity index (χ0) is 12.3. The average molecular weight is 317 g/mol. The summed E-state index contributed by atoms with van der Waals surface area (Å²) in [6, 6.07) is 4.46. The average Bonchev–Trinajstić information content (AvgIpc) is 2.87. The maximum absolute atomic E-state index is 11.9. The summed E-state index contributed by atoms with van der Waals surface area (Å²) in [4.78, 5) is 13.2.